The third kappa shape index (κ3) is 3.64. The van der Waals surface area contributed by atoms with E-state index >= 15 is 0 Å². The first-order chi connectivity index (χ1) is 13.6. The number of carbonyl (C=O) groups is 1. The van der Waals surface area contributed by atoms with Crippen LogP contribution in [0, 0.1) is 11.6 Å². The van der Waals surface area contributed by atoms with Crippen LogP contribution in [0.1, 0.15) is 21.5 Å². The highest BCUT2D eigenvalue weighted by atomic mass is 19.2. The zero-order valence-electron chi connectivity index (χ0n) is 14.7. The standard InChI is InChI=1S/C21H16F2N2O3/c22-17-7-6-15(11-18(17)23)28-21-14(4-2-9-24-21)12-25-20(26)16-5-1-3-13-8-10-27-19(13)16/h1-7,9,11H,8,10,12H2,(H,25,26). The lowest BCUT2D eigenvalue weighted by molar-refractivity contribution is 0.0947. The van der Waals surface area contributed by atoms with Crippen molar-refractivity contribution in [2.75, 3.05) is 6.61 Å². The van der Waals surface area contributed by atoms with E-state index < -0.39 is 11.6 Å². The van der Waals surface area contributed by atoms with Crippen LogP contribution in [0.25, 0.3) is 0 Å². The van der Waals surface area contributed by atoms with Crippen molar-refractivity contribution in [3.8, 4) is 17.4 Å². The van der Waals surface area contributed by atoms with Crippen LogP contribution < -0.4 is 14.8 Å². The number of fused-ring (bicyclic) bond motifs is 1. The molecule has 5 nitrogen and oxygen atoms in total. The molecule has 1 amide bonds. The summed E-state index contributed by atoms with van der Waals surface area (Å²) in [5, 5.41) is 2.82. The van der Waals surface area contributed by atoms with Crippen molar-refractivity contribution in [2.45, 2.75) is 13.0 Å². The maximum atomic E-state index is 13.4. The molecule has 1 N–H and O–H groups in total. The van der Waals surface area contributed by atoms with Crippen LogP contribution in [0.2, 0.25) is 0 Å². The van der Waals surface area contributed by atoms with Crippen LogP contribution in [0.4, 0.5) is 8.78 Å². The number of aromatic nitrogens is 1. The molecule has 1 aromatic heterocycles. The summed E-state index contributed by atoms with van der Waals surface area (Å²) < 4.78 is 37.6. The largest absolute Gasteiger partial charge is 0.492 e. The molecule has 0 fully saturated rings. The second kappa shape index (κ2) is 7.64. The predicted octanol–water partition coefficient (Wildman–Crippen LogP) is 4.02. The van der Waals surface area contributed by atoms with Gasteiger partial charge in [0, 0.05) is 30.8 Å². The van der Waals surface area contributed by atoms with Gasteiger partial charge in [-0.2, -0.15) is 0 Å². The van der Waals surface area contributed by atoms with Crippen LogP contribution in [0.15, 0.2) is 54.7 Å². The molecule has 1 aliphatic heterocycles. The summed E-state index contributed by atoms with van der Waals surface area (Å²) in [6.45, 7) is 0.712. The van der Waals surface area contributed by atoms with Gasteiger partial charge in [-0.1, -0.05) is 18.2 Å². The van der Waals surface area contributed by atoms with Gasteiger partial charge in [0.05, 0.1) is 12.2 Å². The molecule has 0 aliphatic carbocycles. The molecule has 0 unspecified atom stereocenters. The Kier molecular flexibility index (Phi) is 4.89. The lowest BCUT2D eigenvalue weighted by atomic mass is 10.1. The van der Waals surface area contributed by atoms with Crippen molar-refractivity contribution in [3.63, 3.8) is 0 Å². The fourth-order valence-corrected chi connectivity index (χ4v) is 2.97. The monoisotopic (exact) mass is 382 g/mol. The molecule has 2 heterocycles. The lowest BCUT2D eigenvalue weighted by Crippen LogP contribution is -2.23. The number of rotatable bonds is 5. The Morgan fingerprint density at radius 1 is 1.14 bits per heavy atom. The number of pyridine rings is 1. The molecular formula is C21H16F2N2O3. The summed E-state index contributed by atoms with van der Waals surface area (Å²) in [6.07, 6.45) is 2.30. The second-order valence-electron chi connectivity index (χ2n) is 6.22. The third-order valence-corrected chi connectivity index (χ3v) is 4.35. The smallest absolute Gasteiger partial charge is 0.255 e. The molecule has 0 atom stereocenters. The first-order valence-corrected chi connectivity index (χ1v) is 8.71. The van der Waals surface area contributed by atoms with Gasteiger partial charge in [-0.3, -0.25) is 4.79 Å². The molecule has 2 aromatic carbocycles. The molecule has 7 heteroatoms. The number of amides is 1. The molecule has 1 aliphatic rings. The van der Waals surface area contributed by atoms with E-state index in [9.17, 15) is 13.6 Å². The predicted molar refractivity (Wildman–Crippen MR) is 97.5 cm³/mol. The highest BCUT2D eigenvalue weighted by Gasteiger charge is 2.20. The minimum absolute atomic E-state index is 0.111. The maximum Gasteiger partial charge on any atom is 0.255 e. The van der Waals surface area contributed by atoms with Gasteiger partial charge in [0.25, 0.3) is 5.91 Å². The average Bonchev–Trinajstić information content (AvgIpc) is 3.19. The number of carbonyl (C=O) groups excluding carboxylic acids is 1. The quantitative estimate of drug-likeness (QED) is 0.724. The Morgan fingerprint density at radius 3 is 2.89 bits per heavy atom. The fourth-order valence-electron chi connectivity index (χ4n) is 2.97. The summed E-state index contributed by atoms with van der Waals surface area (Å²) in [4.78, 5) is 16.7. The highest BCUT2D eigenvalue weighted by Crippen LogP contribution is 2.29. The highest BCUT2D eigenvalue weighted by molar-refractivity contribution is 5.97. The number of benzene rings is 2. The van der Waals surface area contributed by atoms with Gasteiger partial charge in [0.2, 0.25) is 5.88 Å². The van der Waals surface area contributed by atoms with Crippen LogP contribution in [0.5, 0.6) is 17.4 Å². The van der Waals surface area contributed by atoms with Crippen molar-refractivity contribution < 1.29 is 23.0 Å². The van der Waals surface area contributed by atoms with Gasteiger partial charge in [-0.15, -0.1) is 0 Å². The third-order valence-electron chi connectivity index (χ3n) is 4.35. The molecule has 0 saturated heterocycles. The van der Waals surface area contributed by atoms with E-state index in [1.54, 1.807) is 18.2 Å². The summed E-state index contributed by atoms with van der Waals surface area (Å²) in [5.74, 6) is -1.33. The average molecular weight is 382 g/mol. The molecule has 4 rings (SSSR count). The van der Waals surface area contributed by atoms with Gasteiger partial charge >= 0.3 is 0 Å². The first-order valence-electron chi connectivity index (χ1n) is 8.71. The maximum absolute atomic E-state index is 13.4. The molecule has 28 heavy (non-hydrogen) atoms. The molecule has 0 radical (unpaired) electrons. The van der Waals surface area contributed by atoms with Gasteiger partial charge in [0.15, 0.2) is 11.6 Å². The Labute approximate surface area is 159 Å². The topological polar surface area (TPSA) is 60.5 Å². The number of halogens is 2. The Hall–Kier alpha value is -3.48. The minimum atomic E-state index is -1.01. The number of ether oxygens (including phenoxy) is 2. The van der Waals surface area contributed by atoms with E-state index in [4.69, 9.17) is 9.47 Å². The van der Waals surface area contributed by atoms with Gasteiger partial charge in [-0.25, -0.2) is 13.8 Å². The van der Waals surface area contributed by atoms with Crippen molar-refractivity contribution in [1.29, 1.82) is 0 Å². The lowest BCUT2D eigenvalue weighted by Gasteiger charge is -2.12. The summed E-state index contributed by atoms with van der Waals surface area (Å²) in [7, 11) is 0. The number of nitrogens with zero attached hydrogens (tertiary/aromatic N) is 1. The Balaban J connectivity index is 1.49. The molecule has 0 bridgehead atoms. The summed E-state index contributed by atoms with van der Waals surface area (Å²) in [6, 6.07) is 12.1. The van der Waals surface area contributed by atoms with E-state index in [2.05, 4.69) is 10.3 Å². The fraction of sp³-hybridized carbons (Fsp3) is 0.143. The van der Waals surface area contributed by atoms with Gasteiger partial charge in [0.1, 0.15) is 11.5 Å². The van der Waals surface area contributed by atoms with Crippen molar-refractivity contribution in [3.05, 3.63) is 83.1 Å². The van der Waals surface area contributed by atoms with E-state index in [0.717, 1.165) is 24.1 Å². The van der Waals surface area contributed by atoms with E-state index in [1.165, 1.54) is 12.3 Å². The SMILES string of the molecule is O=C(NCc1cccnc1Oc1ccc(F)c(F)c1)c1cccc2c1OCC2. The zero-order chi connectivity index (χ0) is 19.5. The summed E-state index contributed by atoms with van der Waals surface area (Å²) in [5.41, 5.74) is 2.08. The number of hydrogen-bond donors (Lipinski definition) is 1. The molecule has 142 valence electrons. The van der Waals surface area contributed by atoms with Crippen molar-refractivity contribution in [1.82, 2.24) is 10.3 Å². The number of para-hydroxylation sites is 1. The van der Waals surface area contributed by atoms with E-state index in [0.29, 0.717) is 23.5 Å². The van der Waals surface area contributed by atoms with Gasteiger partial charge in [-0.05, 0) is 29.8 Å². The molecule has 0 saturated carbocycles. The first kappa shape index (κ1) is 17.9. The van der Waals surface area contributed by atoms with E-state index in [-0.39, 0.29) is 24.1 Å². The molecular weight excluding hydrogens is 366 g/mol. The minimum Gasteiger partial charge on any atom is -0.492 e. The Bertz CT molecular complexity index is 1040. The zero-order valence-corrected chi connectivity index (χ0v) is 14.7. The second-order valence-corrected chi connectivity index (χ2v) is 6.22. The number of nitrogens with one attached hydrogen (secondary N) is 1. The normalized spacial score (nSPS) is 12.2. The molecule has 3 aromatic rings. The van der Waals surface area contributed by atoms with E-state index in [1.807, 2.05) is 12.1 Å². The Morgan fingerprint density at radius 2 is 2.04 bits per heavy atom. The van der Waals surface area contributed by atoms with Crippen molar-refractivity contribution in [2.24, 2.45) is 0 Å². The van der Waals surface area contributed by atoms with Crippen molar-refractivity contribution >= 4 is 5.91 Å². The van der Waals surface area contributed by atoms with Gasteiger partial charge < -0.3 is 14.8 Å². The van der Waals surface area contributed by atoms with Crippen LogP contribution >= 0.6 is 0 Å². The van der Waals surface area contributed by atoms with Crippen LogP contribution in [-0.4, -0.2) is 17.5 Å². The van der Waals surface area contributed by atoms with Crippen LogP contribution in [-0.2, 0) is 13.0 Å². The molecule has 0 spiro atoms. The number of hydrogen-bond acceptors (Lipinski definition) is 4. The van der Waals surface area contributed by atoms with Crippen LogP contribution in [0.3, 0.4) is 0 Å². The summed E-state index contributed by atoms with van der Waals surface area (Å²) >= 11 is 0.